The molecular formula is C62H101N7O14. The second-order valence-corrected chi connectivity index (χ2v) is 26.3. The lowest BCUT2D eigenvalue weighted by Crippen LogP contribution is -2.56. The van der Waals surface area contributed by atoms with E-state index in [1.165, 1.54) is 5.57 Å². The average Bonchev–Trinajstić information content (AvgIpc) is 1.80. The number of esters is 1. The van der Waals surface area contributed by atoms with E-state index in [1.807, 2.05) is 68.4 Å². The number of hydrogen-bond donors (Lipinski definition) is 8. The summed E-state index contributed by atoms with van der Waals surface area (Å²) in [7, 11) is 1.63. The van der Waals surface area contributed by atoms with Crippen molar-refractivity contribution >= 4 is 47.5 Å². The molecule has 1 spiro atoms. The molecule has 0 aromatic heterocycles. The van der Waals surface area contributed by atoms with Gasteiger partial charge in [-0.05, 0) is 96.0 Å². The van der Waals surface area contributed by atoms with Crippen LogP contribution in [-0.4, -0.2) is 153 Å². The average molecular weight is 1170 g/mol. The van der Waals surface area contributed by atoms with Crippen molar-refractivity contribution in [3.8, 4) is 0 Å². The largest absolute Gasteiger partial charge is 0.460 e. The Morgan fingerprint density at radius 1 is 0.807 bits per heavy atom. The molecule has 2 aliphatic heterocycles. The van der Waals surface area contributed by atoms with Gasteiger partial charge >= 0.3 is 12.1 Å². The summed E-state index contributed by atoms with van der Waals surface area (Å²) in [6.45, 7) is 26.6. The molecule has 21 heteroatoms. The fourth-order valence-corrected chi connectivity index (χ4v) is 11.5. The Labute approximate surface area is 493 Å². The van der Waals surface area contributed by atoms with Crippen LogP contribution in [0.3, 0.4) is 0 Å². The highest BCUT2D eigenvalue weighted by atomic mass is 16.6. The van der Waals surface area contributed by atoms with Gasteiger partial charge in [-0.15, -0.1) is 0 Å². The lowest BCUT2D eigenvalue weighted by molar-refractivity contribution is -0.174. The fourth-order valence-electron chi connectivity index (χ4n) is 11.5. The van der Waals surface area contributed by atoms with E-state index >= 15 is 0 Å². The number of nitrogens with one attached hydrogen (secondary N) is 7. The molecule has 83 heavy (non-hydrogen) atoms. The number of ether oxygens (including phenoxy) is 5. The minimum absolute atomic E-state index is 0.00389. The molecule has 3 fully saturated rings. The molecule has 1 aromatic carbocycles. The van der Waals surface area contributed by atoms with Crippen LogP contribution in [0.5, 0.6) is 0 Å². The number of benzene rings is 1. The molecule has 1 aliphatic carbocycles. The van der Waals surface area contributed by atoms with Crippen molar-refractivity contribution in [1.29, 1.82) is 0 Å². The third-order valence-corrected chi connectivity index (χ3v) is 16.3. The first-order chi connectivity index (χ1) is 38.8. The molecule has 0 radical (unpaired) electrons. The number of alkyl carbamates (subject to hydrolysis) is 1. The van der Waals surface area contributed by atoms with Gasteiger partial charge in [0.2, 0.25) is 35.4 Å². The highest BCUT2D eigenvalue weighted by molar-refractivity contribution is 5.95. The third kappa shape index (κ3) is 21.4. The normalized spacial score (nSPS) is 23.5. The van der Waals surface area contributed by atoms with Gasteiger partial charge in [0.05, 0.1) is 50.8 Å². The summed E-state index contributed by atoms with van der Waals surface area (Å²) in [5, 5.41) is 28.9. The number of aliphatic hydroxyl groups excluding tert-OH is 1. The van der Waals surface area contributed by atoms with Crippen molar-refractivity contribution in [2.24, 2.45) is 39.9 Å². The summed E-state index contributed by atoms with van der Waals surface area (Å²) in [6.07, 6.45) is 3.20. The highest BCUT2D eigenvalue weighted by Gasteiger charge is 2.72. The van der Waals surface area contributed by atoms with Gasteiger partial charge < -0.3 is 66.0 Å². The maximum atomic E-state index is 14.1. The summed E-state index contributed by atoms with van der Waals surface area (Å²) in [6, 6.07) is 6.77. The number of allylic oxidation sites excluding steroid dienone is 1. The second-order valence-electron chi connectivity index (χ2n) is 26.3. The molecule has 21 nitrogen and oxygen atoms in total. The number of rotatable bonds is 34. The van der Waals surface area contributed by atoms with E-state index in [0.29, 0.717) is 25.9 Å². The van der Waals surface area contributed by atoms with E-state index in [2.05, 4.69) is 64.1 Å². The summed E-state index contributed by atoms with van der Waals surface area (Å²) < 4.78 is 29.9. The standard InChI is InChI=1S/C62H101N7O14/c1-38(2)22-23-47-61(14,83-47)52-51(79-15)46(24-25-62(52)37-81-62)82-50(73)31-58(10,11)36-80-57(78)64-27-19-26-63-48(71)33-65-53(74)44(28-39(3)4)69-54(75)45(29-43-20-17-16-18-21-43)68-49(72)34-67-56(77)60(13,41(7)8)35-59(12,30-40(5)6)55(76)66-32-42(9)70/h16-18,20-22,39-42,44-47,51-52,70H,19,23-37H2,1-15H3,(H,63,71)(H,64,78)(H,65,74)(H,66,76)(H,67,77)(H,68,72)(H,69,75)/t42?,44-,45-,46?,47+,51?,52?,59?,60?,61+,62-/m0/s1. The number of amides is 7. The van der Waals surface area contributed by atoms with Gasteiger partial charge in [-0.1, -0.05) is 111 Å². The Kier molecular flexibility index (Phi) is 26.1. The molecular weight excluding hydrogens is 1070 g/mol. The molecule has 2 saturated heterocycles. The van der Waals surface area contributed by atoms with Crippen molar-refractivity contribution in [3.63, 3.8) is 0 Å². The maximum Gasteiger partial charge on any atom is 0.407 e. The molecule has 7 amide bonds. The topological polar surface area (TPSA) is 294 Å². The number of hydrogen-bond acceptors (Lipinski definition) is 14. The third-order valence-electron chi connectivity index (χ3n) is 16.3. The predicted molar refractivity (Wildman–Crippen MR) is 314 cm³/mol. The lowest BCUT2D eigenvalue weighted by Gasteiger charge is -2.42. The number of carbonyl (C=O) groups excluding carboxylic acids is 8. The van der Waals surface area contributed by atoms with E-state index in [0.717, 1.165) is 18.4 Å². The molecule has 0 bridgehead atoms. The first-order valence-electron chi connectivity index (χ1n) is 29.8. The highest BCUT2D eigenvalue weighted by Crippen LogP contribution is 2.59. The number of carbonyl (C=O) groups is 8. The molecule has 1 aromatic rings. The number of aliphatic hydroxyl groups is 1. The van der Waals surface area contributed by atoms with Gasteiger partial charge in [0, 0.05) is 49.4 Å². The van der Waals surface area contributed by atoms with Crippen molar-refractivity contribution in [1.82, 2.24) is 37.2 Å². The van der Waals surface area contributed by atoms with Crippen LogP contribution in [0.4, 0.5) is 4.79 Å². The minimum atomic E-state index is -1.16. The lowest BCUT2D eigenvalue weighted by atomic mass is 9.64. The van der Waals surface area contributed by atoms with E-state index in [-0.39, 0.29) is 93.2 Å². The molecule has 468 valence electrons. The first kappa shape index (κ1) is 69.9. The Morgan fingerprint density at radius 2 is 1.46 bits per heavy atom. The van der Waals surface area contributed by atoms with Crippen LogP contribution in [0.25, 0.3) is 0 Å². The molecule has 6 unspecified atom stereocenters. The van der Waals surface area contributed by atoms with E-state index in [9.17, 15) is 43.5 Å². The van der Waals surface area contributed by atoms with Gasteiger partial charge in [-0.25, -0.2) is 4.79 Å². The van der Waals surface area contributed by atoms with Gasteiger partial charge in [0.25, 0.3) is 0 Å². The Hall–Kier alpha value is -5.64. The monoisotopic (exact) mass is 1170 g/mol. The molecule has 1 saturated carbocycles. The van der Waals surface area contributed by atoms with Crippen molar-refractivity contribution in [2.45, 2.75) is 202 Å². The number of epoxide rings is 2. The Bertz CT molecular complexity index is 2390. The van der Waals surface area contributed by atoms with Gasteiger partial charge in [-0.3, -0.25) is 33.6 Å². The molecule has 11 atom stereocenters. The van der Waals surface area contributed by atoms with E-state index in [4.69, 9.17) is 23.7 Å². The van der Waals surface area contributed by atoms with Crippen molar-refractivity contribution in [3.05, 3.63) is 47.5 Å². The smallest absolute Gasteiger partial charge is 0.407 e. The fraction of sp³-hybridized carbons (Fsp3) is 0.742. The molecule has 8 N–H and O–H groups in total. The molecule has 2 heterocycles. The SMILES string of the molecule is COC1C(OC(=O)CC(C)(C)COC(=O)NCCCNC(=O)CNC(=O)[C@H](CC(C)C)NC(=O)[C@H](Cc2ccccc2)NC(=O)CNC(=O)C(C)(CC(C)(CC(C)C)C(=O)NCC(C)O)C(C)C)CC[C@]2(CO2)C1[C@]1(C)O[C@@H]1CC=C(C)C. The van der Waals surface area contributed by atoms with Crippen LogP contribution in [0.1, 0.15) is 154 Å². The zero-order valence-corrected chi connectivity index (χ0v) is 52.3. The van der Waals surface area contributed by atoms with Crippen molar-refractivity contribution < 1.29 is 67.1 Å². The van der Waals surface area contributed by atoms with Crippen LogP contribution >= 0.6 is 0 Å². The predicted octanol–water partition coefficient (Wildman–Crippen LogP) is 5.35. The van der Waals surface area contributed by atoms with E-state index < -0.39 is 107 Å². The van der Waals surface area contributed by atoms with Crippen LogP contribution in [0.15, 0.2) is 42.0 Å². The molecule has 3 aliphatic rings. The zero-order valence-electron chi connectivity index (χ0n) is 52.3. The summed E-state index contributed by atoms with van der Waals surface area (Å²) >= 11 is 0. The van der Waals surface area contributed by atoms with E-state index in [1.54, 1.807) is 45.2 Å². The first-order valence-corrected chi connectivity index (χ1v) is 29.8. The Balaban J connectivity index is 1.23. The van der Waals surface area contributed by atoms with Crippen LogP contribution in [-0.2, 0) is 63.7 Å². The van der Waals surface area contributed by atoms with Crippen LogP contribution in [0.2, 0.25) is 0 Å². The summed E-state index contributed by atoms with van der Waals surface area (Å²) in [4.78, 5) is 108. The van der Waals surface area contributed by atoms with Crippen LogP contribution in [0, 0.1) is 39.9 Å². The van der Waals surface area contributed by atoms with Crippen molar-refractivity contribution in [2.75, 3.05) is 53.0 Å². The zero-order chi connectivity index (χ0) is 62.1. The van der Waals surface area contributed by atoms with Gasteiger partial charge in [-0.2, -0.15) is 0 Å². The Morgan fingerprint density at radius 3 is 2.05 bits per heavy atom. The summed E-state index contributed by atoms with van der Waals surface area (Å²) in [5.41, 5.74) is -1.69. The molecule has 4 rings (SSSR count). The van der Waals surface area contributed by atoms with Crippen LogP contribution < -0.4 is 37.2 Å². The second kappa shape index (κ2) is 31.0. The quantitative estimate of drug-likeness (QED) is 0.0187. The maximum absolute atomic E-state index is 14.1. The van der Waals surface area contributed by atoms with Gasteiger partial charge in [0.15, 0.2) is 0 Å². The minimum Gasteiger partial charge on any atom is -0.460 e. The summed E-state index contributed by atoms with van der Waals surface area (Å²) in [5.74, 6) is -3.85. The number of methoxy groups -OCH3 is 1. The van der Waals surface area contributed by atoms with Gasteiger partial charge in [0.1, 0.15) is 35.5 Å².